The Balaban J connectivity index is 1.84. The fourth-order valence-corrected chi connectivity index (χ4v) is 3.08. The second-order valence-corrected chi connectivity index (χ2v) is 6.41. The highest BCUT2D eigenvalue weighted by Gasteiger charge is 2.33. The molecule has 1 saturated heterocycles. The van der Waals surface area contributed by atoms with Crippen molar-refractivity contribution in [3.8, 4) is 0 Å². The van der Waals surface area contributed by atoms with E-state index in [1.54, 1.807) is 0 Å². The minimum absolute atomic E-state index is 0.590. The summed E-state index contributed by atoms with van der Waals surface area (Å²) in [6, 6.07) is 2.68. The van der Waals surface area contributed by atoms with Gasteiger partial charge in [0.15, 0.2) is 0 Å². The van der Waals surface area contributed by atoms with Gasteiger partial charge in [-0.2, -0.15) is 0 Å². The van der Waals surface area contributed by atoms with Gasteiger partial charge in [0.05, 0.1) is 0 Å². The van der Waals surface area contributed by atoms with Crippen molar-refractivity contribution in [3.05, 3.63) is 11.9 Å². The molecule has 1 aliphatic heterocycles. The first-order chi connectivity index (χ1) is 9.58. The molecule has 110 valence electrons. The Hall–Kier alpha value is -1.36. The fraction of sp³-hybridized carbons (Fsp3) is 0.733. The molecule has 2 atom stereocenters. The normalized spacial score (nSPS) is 26.4. The number of hydrogen-bond donors (Lipinski definition) is 1. The van der Waals surface area contributed by atoms with E-state index < -0.39 is 0 Å². The Labute approximate surface area is 121 Å². The summed E-state index contributed by atoms with van der Waals surface area (Å²) in [7, 11) is 6.26. The number of nitrogens with one attached hydrogen (secondary N) is 1. The minimum Gasteiger partial charge on any atom is -0.373 e. The molecule has 20 heavy (non-hydrogen) atoms. The molecule has 1 aromatic heterocycles. The number of rotatable bonds is 4. The summed E-state index contributed by atoms with van der Waals surface area (Å²) >= 11 is 0. The second kappa shape index (κ2) is 5.20. The zero-order chi connectivity index (χ0) is 14.3. The topological polar surface area (TPSA) is 44.3 Å². The summed E-state index contributed by atoms with van der Waals surface area (Å²) in [5.74, 6) is 4.31. The van der Waals surface area contributed by atoms with Gasteiger partial charge in [-0.15, -0.1) is 0 Å². The second-order valence-electron chi connectivity index (χ2n) is 6.41. The fourth-order valence-electron chi connectivity index (χ4n) is 3.08. The van der Waals surface area contributed by atoms with E-state index in [-0.39, 0.29) is 0 Å². The monoisotopic (exact) mass is 275 g/mol. The maximum atomic E-state index is 4.81. The van der Waals surface area contributed by atoms with Gasteiger partial charge in [0, 0.05) is 38.2 Å². The Morgan fingerprint density at radius 1 is 1.25 bits per heavy atom. The third kappa shape index (κ3) is 2.59. The van der Waals surface area contributed by atoms with Crippen molar-refractivity contribution in [2.75, 3.05) is 44.4 Å². The van der Waals surface area contributed by atoms with E-state index in [4.69, 9.17) is 4.98 Å². The maximum Gasteiger partial charge on any atom is 0.136 e. The number of hydrogen-bond acceptors (Lipinski definition) is 5. The molecule has 3 rings (SSSR count). The van der Waals surface area contributed by atoms with Crippen molar-refractivity contribution in [2.45, 2.75) is 31.7 Å². The highest BCUT2D eigenvalue weighted by molar-refractivity contribution is 5.50. The number of nitrogens with zero attached hydrogens (tertiary/aromatic N) is 4. The smallest absolute Gasteiger partial charge is 0.136 e. The van der Waals surface area contributed by atoms with Gasteiger partial charge in [0.25, 0.3) is 0 Å². The Morgan fingerprint density at radius 2 is 2.00 bits per heavy atom. The first kappa shape index (κ1) is 13.6. The zero-order valence-electron chi connectivity index (χ0n) is 12.9. The predicted octanol–water partition coefficient (Wildman–Crippen LogP) is 1.78. The van der Waals surface area contributed by atoms with Crippen molar-refractivity contribution in [1.82, 2.24) is 14.9 Å². The quantitative estimate of drug-likeness (QED) is 0.907. The van der Waals surface area contributed by atoms with Crippen LogP contribution >= 0.6 is 0 Å². The largest absolute Gasteiger partial charge is 0.373 e. The number of likely N-dealkylation sites (N-methyl/N-ethyl adjacent to an activating group) is 1. The molecule has 1 saturated carbocycles. The third-order valence-corrected chi connectivity index (χ3v) is 4.49. The van der Waals surface area contributed by atoms with Gasteiger partial charge in [0.2, 0.25) is 0 Å². The van der Waals surface area contributed by atoms with E-state index in [0.29, 0.717) is 17.9 Å². The molecule has 1 aromatic rings. The molecule has 0 spiro atoms. The van der Waals surface area contributed by atoms with Gasteiger partial charge in [-0.05, 0) is 32.9 Å². The molecule has 5 nitrogen and oxygen atoms in total. The van der Waals surface area contributed by atoms with Gasteiger partial charge in [-0.3, -0.25) is 0 Å². The van der Waals surface area contributed by atoms with E-state index in [9.17, 15) is 0 Å². The van der Waals surface area contributed by atoms with Crippen LogP contribution in [0.2, 0.25) is 0 Å². The van der Waals surface area contributed by atoms with Crippen molar-refractivity contribution < 1.29 is 0 Å². The summed E-state index contributed by atoms with van der Waals surface area (Å²) < 4.78 is 0. The van der Waals surface area contributed by atoms with Crippen LogP contribution in [-0.4, -0.2) is 55.1 Å². The molecule has 5 heteroatoms. The van der Waals surface area contributed by atoms with Crippen LogP contribution in [0.15, 0.2) is 6.07 Å². The van der Waals surface area contributed by atoms with Crippen LogP contribution in [0, 0.1) is 5.92 Å². The van der Waals surface area contributed by atoms with Crippen LogP contribution in [0.3, 0.4) is 0 Å². The lowest BCUT2D eigenvalue weighted by molar-refractivity contribution is 0.266. The van der Waals surface area contributed by atoms with E-state index in [2.05, 4.69) is 47.2 Å². The molecular formula is C15H25N5. The molecule has 2 fully saturated rings. The van der Waals surface area contributed by atoms with Crippen molar-refractivity contribution in [3.63, 3.8) is 0 Å². The number of aromatic nitrogens is 2. The first-order valence-electron chi connectivity index (χ1n) is 7.56. The maximum absolute atomic E-state index is 4.81. The molecule has 0 amide bonds. The summed E-state index contributed by atoms with van der Waals surface area (Å²) in [6.45, 7) is 4.46. The van der Waals surface area contributed by atoms with Gasteiger partial charge in [-0.25, -0.2) is 9.97 Å². The van der Waals surface area contributed by atoms with Gasteiger partial charge in [0.1, 0.15) is 17.5 Å². The average Bonchev–Trinajstić information content (AvgIpc) is 3.20. The Kier molecular flexibility index (Phi) is 3.54. The van der Waals surface area contributed by atoms with E-state index in [1.165, 1.54) is 12.8 Å². The lowest BCUT2D eigenvalue weighted by Gasteiger charge is -2.23. The first-order valence-corrected chi connectivity index (χ1v) is 7.56. The standard InChI is InChI=1S/C15H25N5/c1-10-8-20(9-12(10)19(3)4)14-7-13(16-2)17-15(18-14)11-5-6-11/h7,10-12H,5-6,8-9H2,1-4H3,(H,16,17,18). The molecule has 1 aliphatic carbocycles. The lowest BCUT2D eigenvalue weighted by atomic mass is 10.1. The van der Waals surface area contributed by atoms with E-state index in [0.717, 1.165) is 30.5 Å². The van der Waals surface area contributed by atoms with Gasteiger partial charge < -0.3 is 15.1 Å². The Bertz CT molecular complexity index is 483. The molecule has 1 N–H and O–H groups in total. The van der Waals surface area contributed by atoms with Crippen LogP contribution in [0.5, 0.6) is 0 Å². The summed E-state index contributed by atoms with van der Waals surface area (Å²) in [6.07, 6.45) is 2.48. The summed E-state index contributed by atoms with van der Waals surface area (Å²) in [4.78, 5) is 14.1. The third-order valence-electron chi connectivity index (χ3n) is 4.49. The lowest BCUT2D eigenvalue weighted by Crippen LogP contribution is -2.34. The molecule has 2 heterocycles. The van der Waals surface area contributed by atoms with Crippen LogP contribution in [0.25, 0.3) is 0 Å². The SMILES string of the molecule is CNc1cc(N2CC(C)C(N(C)C)C2)nc(C2CC2)n1. The van der Waals surface area contributed by atoms with Crippen LogP contribution in [0.4, 0.5) is 11.6 Å². The molecule has 2 aliphatic rings. The van der Waals surface area contributed by atoms with Crippen LogP contribution in [-0.2, 0) is 0 Å². The molecule has 2 unspecified atom stereocenters. The van der Waals surface area contributed by atoms with Crippen LogP contribution in [0.1, 0.15) is 31.5 Å². The predicted molar refractivity (Wildman–Crippen MR) is 82.4 cm³/mol. The van der Waals surface area contributed by atoms with Crippen molar-refractivity contribution >= 4 is 11.6 Å². The Morgan fingerprint density at radius 3 is 2.55 bits per heavy atom. The van der Waals surface area contributed by atoms with Gasteiger partial charge in [-0.1, -0.05) is 6.92 Å². The van der Waals surface area contributed by atoms with Crippen LogP contribution < -0.4 is 10.2 Å². The van der Waals surface area contributed by atoms with E-state index >= 15 is 0 Å². The highest BCUT2D eigenvalue weighted by atomic mass is 15.3. The summed E-state index contributed by atoms with van der Waals surface area (Å²) in [5, 5.41) is 3.17. The van der Waals surface area contributed by atoms with Gasteiger partial charge >= 0.3 is 0 Å². The molecular weight excluding hydrogens is 250 g/mol. The van der Waals surface area contributed by atoms with E-state index in [1.807, 2.05) is 7.05 Å². The molecule has 0 bridgehead atoms. The average molecular weight is 275 g/mol. The molecule has 0 radical (unpaired) electrons. The highest BCUT2D eigenvalue weighted by Crippen LogP contribution is 2.39. The summed E-state index contributed by atoms with van der Waals surface area (Å²) in [5.41, 5.74) is 0. The molecule has 0 aromatic carbocycles. The van der Waals surface area contributed by atoms with Crippen molar-refractivity contribution in [2.24, 2.45) is 5.92 Å². The number of anilines is 2. The van der Waals surface area contributed by atoms with Crippen molar-refractivity contribution in [1.29, 1.82) is 0 Å². The zero-order valence-corrected chi connectivity index (χ0v) is 12.9. The minimum atomic E-state index is 0.590.